The molecule has 1 N–H and O–H groups in total. The van der Waals surface area contributed by atoms with Crippen LogP contribution in [0.1, 0.15) is 55.5 Å². The van der Waals surface area contributed by atoms with E-state index in [0.29, 0.717) is 24.5 Å². The highest BCUT2D eigenvalue weighted by atomic mass is 16.5. The zero-order valence-corrected chi connectivity index (χ0v) is 17.1. The Hall–Kier alpha value is -3.08. The Kier molecular flexibility index (Phi) is 9.49. The highest BCUT2D eigenvalue weighted by Crippen LogP contribution is 2.20. The Morgan fingerprint density at radius 2 is 1.62 bits per heavy atom. The van der Waals surface area contributed by atoms with Gasteiger partial charge in [-0.2, -0.15) is 0 Å². The van der Waals surface area contributed by atoms with E-state index in [1.54, 1.807) is 30.3 Å². The van der Waals surface area contributed by atoms with E-state index in [1.807, 2.05) is 31.2 Å². The van der Waals surface area contributed by atoms with Crippen LogP contribution in [0.2, 0.25) is 0 Å². The lowest BCUT2D eigenvalue weighted by atomic mass is 10.2. The molecule has 0 unspecified atom stereocenters. The molecule has 0 aromatic heterocycles. The van der Waals surface area contributed by atoms with Gasteiger partial charge in [-0.3, -0.25) is 4.79 Å². The summed E-state index contributed by atoms with van der Waals surface area (Å²) in [4.78, 5) is 24.1. The molecule has 0 heterocycles. The highest BCUT2D eigenvalue weighted by molar-refractivity contribution is 6.02. The molecule has 2 aromatic carbocycles. The van der Waals surface area contributed by atoms with Crippen molar-refractivity contribution in [3.63, 3.8) is 0 Å². The smallest absolute Gasteiger partial charge is 0.338 e. The molecule has 2 aromatic rings. The average Bonchev–Trinajstić information content (AvgIpc) is 2.74. The Morgan fingerprint density at radius 3 is 2.34 bits per heavy atom. The van der Waals surface area contributed by atoms with Gasteiger partial charge < -0.3 is 14.8 Å². The summed E-state index contributed by atoms with van der Waals surface area (Å²) in [6.45, 7) is 5.22. The van der Waals surface area contributed by atoms with E-state index in [2.05, 4.69) is 12.2 Å². The van der Waals surface area contributed by atoms with Gasteiger partial charge in [0, 0.05) is 17.3 Å². The molecule has 29 heavy (non-hydrogen) atoms. The number of rotatable bonds is 11. The number of ether oxygens (including phenoxy) is 2. The van der Waals surface area contributed by atoms with E-state index >= 15 is 0 Å². The number of unbranched alkanes of at least 4 members (excludes halogenated alkanes) is 2. The minimum atomic E-state index is -0.351. The second-order valence-corrected chi connectivity index (χ2v) is 6.63. The third kappa shape index (κ3) is 7.82. The van der Waals surface area contributed by atoms with Crippen molar-refractivity contribution in [2.45, 2.75) is 39.5 Å². The Balaban J connectivity index is 1.91. The van der Waals surface area contributed by atoms with Crippen LogP contribution < -0.4 is 10.1 Å². The van der Waals surface area contributed by atoms with Crippen LogP contribution in [0.3, 0.4) is 0 Å². The largest absolute Gasteiger partial charge is 0.493 e. The fraction of sp³-hybridized carbons (Fsp3) is 0.333. The molecule has 0 aliphatic carbocycles. The molecule has 154 valence electrons. The summed E-state index contributed by atoms with van der Waals surface area (Å²) >= 11 is 0. The summed E-state index contributed by atoms with van der Waals surface area (Å²) < 4.78 is 10.9. The first-order valence-corrected chi connectivity index (χ1v) is 10.1. The number of hydrogen-bond donors (Lipinski definition) is 1. The third-order valence-corrected chi connectivity index (χ3v) is 4.21. The van der Waals surface area contributed by atoms with Gasteiger partial charge in [0.05, 0.1) is 18.8 Å². The summed E-state index contributed by atoms with van der Waals surface area (Å²) in [7, 11) is 0. The number of carbonyl (C=O) groups excluding carboxylic acids is 2. The molecule has 0 aliphatic heterocycles. The minimum Gasteiger partial charge on any atom is -0.493 e. The van der Waals surface area contributed by atoms with Crippen molar-refractivity contribution in [2.75, 3.05) is 18.5 Å². The molecule has 0 bridgehead atoms. The van der Waals surface area contributed by atoms with Crippen molar-refractivity contribution < 1.29 is 19.1 Å². The molecule has 0 fully saturated rings. The van der Waals surface area contributed by atoms with Gasteiger partial charge in [-0.15, -0.1) is 0 Å². The second-order valence-electron chi connectivity index (χ2n) is 6.63. The van der Waals surface area contributed by atoms with Crippen LogP contribution in [0.25, 0.3) is 6.08 Å². The van der Waals surface area contributed by atoms with Gasteiger partial charge in [0.25, 0.3) is 0 Å². The van der Waals surface area contributed by atoms with Crippen LogP contribution in [0.5, 0.6) is 5.75 Å². The summed E-state index contributed by atoms with van der Waals surface area (Å²) in [5.74, 6) is 0.151. The molecule has 0 aliphatic rings. The van der Waals surface area contributed by atoms with Gasteiger partial charge in [-0.25, -0.2) is 4.79 Å². The van der Waals surface area contributed by atoms with Crippen molar-refractivity contribution in [1.29, 1.82) is 0 Å². The first-order valence-electron chi connectivity index (χ1n) is 10.1. The van der Waals surface area contributed by atoms with Crippen molar-refractivity contribution in [1.82, 2.24) is 0 Å². The fourth-order valence-electron chi connectivity index (χ4n) is 2.51. The van der Waals surface area contributed by atoms with Gasteiger partial charge in [0.1, 0.15) is 5.75 Å². The molecule has 5 heteroatoms. The van der Waals surface area contributed by atoms with Crippen molar-refractivity contribution >= 4 is 23.6 Å². The van der Waals surface area contributed by atoms with Crippen molar-refractivity contribution in [3.05, 3.63) is 65.7 Å². The van der Waals surface area contributed by atoms with E-state index in [0.717, 1.165) is 37.0 Å². The average molecular weight is 395 g/mol. The molecule has 0 saturated carbocycles. The Labute approximate surface area is 172 Å². The quantitative estimate of drug-likeness (QED) is 0.311. The lowest BCUT2D eigenvalue weighted by Crippen LogP contribution is -2.09. The number of benzene rings is 2. The van der Waals surface area contributed by atoms with Gasteiger partial charge in [-0.05, 0) is 49.2 Å². The second kappa shape index (κ2) is 12.4. The third-order valence-electron chi connectivity index (χ3n) is 4.21. The molecular formula is C24H29NO4. The number of esters is 1. The van der Waals surface area contributed by atoms with Gasteiger partial charge in [-0.1, -0.05) is 44.9 Å². The zero-order valence-electron chi connectivity index (χ0n) is 17.1. The summed E-state index contributed by atoms with van der Waals surface area (Å²) in [5, 5.41) is 2.78. The topological polar surface area (TPSA) is 64.6 Å². The van der Waals surface area contributed by atoms with Crippen LogP contribution in [0, 0.1) is 0 Å². The number of anilines is 1. The predicted octanol–water partition coefficient (Wildman–Crippen LogP) is 5.47. The van der Waals surface area contributed by atoms with Crippen LogP contribution in [0.4, 0.5) is 5.69 Å². The van der Waals surface area contributed by atoms with E-state index in [9.17, 15) is 9.59 Å². The van der Waals surface area contributed by atoms with Crippen molar-refractivity contribution in [3.8, 4) is 5.75 Å². The normalized spacial score (nSPS) is 10.7. The minimum absolute atomic E-state index is 0.258. The first kappa shape index (κ1) is 22.2. The summed E-state index contributed by atoms with van der Waals surface area (Å²) in [6, 6.07) is 14.3. The molecule has 0 radical (unpaired) electrons. The van der Waals surface area contributed by atoms with Crippen molar-refractivity contribution in [2.24, 2.45) is 0 Å². The molecule has 0 spiro atoms. The number of nitrogens with one attached hydrogen (secondary N) is 1. The van der Waals surface area contributed by atoms with E-state index < -0.39 is 0 Å². The number of amides is 1. The number of hydrogen-bond acceptors (Lipinski definition) is 4. The Bertz CT molecular complexity index is 812. The molecule has 1 amide bonds. The maximum absolute atomic E-state index is 12.2. The summed E-state index contributed by atoms with van der Waals surface area (Å²) in [6.07, 6.45) is 7.07. The molecule has 2 rings (SSSR count). The van der Waals surface area contributed by atoms with E-state index in [1.165, 1.54) is 6.08 Å². The van der Waals surface area contributed by atoms with Crippen LogP contribution in [-0.4, -0.2) is 25.1 Å². The van der Waals surface area contributed by atoms with Crippen LogP contribution in [-0.2, 0) is 9.53 Å². The predicted molar refractivity (Wildman–Crippen MR) is 116 cm³/mol. The fourth-order valence-corrected chi connectivity index (χ4v) is 2.51. The molecular weight excluding hydrogens is 366 g/mol. The van der Waals surface area contributed by atoms with Crippen LogP contribution in [0.15, 0.2) is 54.6 Å². The molecule has 5 nitrogen and oxygen atoms in total. The maximum Gasteiger partial charge on any atom is 0.338 e. The zero-order chi connectivity index (χ0) is 20.9. The summed E-state index contributed by atoms with van der Waals surface area (Å²) in [5.41, 5.74) is 1.92. The standard InChI is InChI=1S/C24H29NO4/c1-3-5-17-28-22-10-8-7-9-19(22)13-16-23(26)25-21-14-11-20(12-15-21)24(27)29-18-6-4-2/h7-16H,3-6,17-18H2,1-2H3,(H,25,26)/b16-13+. The number of para-hydroxylation sites is 1. The monoisotopic (exact) mass is 395 g/mol. The Morgan fingerprint density at radius 1 is 0.931 bits per heavy atom. The van der Waals surface area contributed by atoms with Gasteiger partial charge >= 0.3 is 5.97 Å². The van der Waals surface area contributed by atoms with Gasteiger partial charge in [0.2, 0.25) is 5.91 Å². The molecule has 0 atom stereocenters. The SMILES string of the molecule is CCCCOC(=O)c1ccc(NC(=O)/C=C/c2ccccc2OCCCC)cc1. The first-order chi connectivity index (χ1) is 14.1. The van der Waals surface area contributed by atoms with E-state index in [4.69, 9.17) is 9.47 Å². The molecule has 0 saturated heterocycles. The lowest BCUT2D eigenvalue weighted by Gasteiger charge is -2.08. The highest BCUT2D eigenvalue weighted by Gasteiger charge is 2.07. The van der Waals surface area contributed by atoms with Crippen LogP contribution >= 0.6 is 0 Å². The van der Waals surface area contributed by atoms with Gasteiger partial charge in [0.15, 0.2) is 0 Å². The number of carbonyl (C=O) groups is 2. The van der Waals surface area contributed by atoms with E-state index in [-0.39, 0.29) is 11.9 Å². The maximum atomic E-state index is 12.2. The lowest BCUT2D eigenvalue weighted by molar-refractivity contribution is -0.111.